The van der Waals surface area contributed by atoms with E-state index in [1.807, 2.05) is 0 Å². The summed E-state index contributed by atoms with van der Waals surface area (Å²) in [6.45, 7) is 0. The molecular formula is C14H12N2O3. The van der Waals surface area contributed by atoms with Gasteiger partial charge in [0.05, 0.1) is 0 Å². The molecular weight excluding hydrogens is 244 g/mol. The summed E-state index contributed by atoms with van der Waals surface area (Å²) >= 11 is 0. The maximum Gasteiger partial charge on any atom is 0.269 e. The number of phenolic OH excluding ortho intramolecular Hbond substituents is 1. The minimum atomic E-state index is -0.500. The van der Waals surface area contributed by atoms with Crippen molar-refractivity contribution in [3.05, 3.63) is 65.7 Å². The number of phenols is 1. The van der Waals surface area contributed by atoms with Crippen molar-refractivity contribution in [2.24, 2.45) is 0 Å². The lowest BCUT2D eigenvalue weighted by molar-refractivity contribution is 0.0846. The molecule has 0 unspecified atom stereocenters. The third kappa shape index (κ3) is 3.32. The van der Waals surface area contributed by atoms with Crippen LogP contribution < -0.4 is 10.9 Å². The molecule has 0 radical (unpaired) electrons. The zero-order valence-electron chi connectivity index (χ0n) is 9.96. The van der Waals surface area contributed by atoms with E-state index in [4.69, 9.17) is 0 Å². The number of hydrogen-bond donors (Lipinski definition) is 3. The first-order chi connectivity index (χ1) is 9.16. The molecule has 0 aliphatic carbocycles. The van der Waals surface area contributed by atoms with Crippen LogP contribution in [0.4, 0.5) is 0 Å². The molecule has 0 aliphatic rings. The number of nitrogens with one attached hydrogen (secondary N) is 2. The van der Waals surface area contributed by atoms with Crippen LogP contribution in [0.3, 0.4) is 0 Å². The molecule has 0 heterocycles. The first kappa shape index (κ1) is 12.6. The number of carbonyl (C=O) groups excluding carboxylic acids is 2. The lowest BCUT2D eigenvalue weighted by Crippen LogP contribution is -2.41. The van der Waals surface area contributed by atoms with Gasteiger partial charge in [-0.05, 0) is 30.3 Å². The maximum atomic E-state index is 11.7. The van der Waals surface area contributed by atoms with Crippen LogP contribution in [-0.2, 0) is 0 Å². The third-order valence-electron chi connectivity index (χ3n) is 2.43. The third-order valence-corrected chi connectivity index (χ3v) is 2.43. The summed E-state index contributed by atoms with van der Waals surface area (Å²) < 4.78 is 0. The molecule has 0 fully saturated rings. The number of carbonyl (C=O) groups is 2. The Morgan fingerprint density at radius 1 is 0.789 bits per heavy atom. The maximum absolute atomic E-state index is 11.7. The number of aromatic hydroxyl groups is 1. The second-order valence-corrected chi connectivity index (χ2v) is 3.82. The van der Waals surface area contributed by atoms with E-state index >= 15 is 0 Å². The van der Waals surface area contributed by atoms with Gasteiger partial charge >= 0.3 is 0 Å². The monoisotopic (exact) mass is 256 g/mol. The molecule has 2 aromatic carbocycles. The van der Waals surface area contributed by atoms with Crippen LogP contribution in [0.25, 0.3) is 0 Å². The van der Waals surface area contributed by atoms with E-state index in [9.17, 15) is 14.7 Å². The van der Waals surface area contributed by atoms with Crippen molar-refractivity contribution < 1.29 is 14.7 Å². The Balaban J connectivity index is 1.96. The highest BCUT2D eigenvalue weighted by Crippen LogP contribution is 2.10. The van der Waals surface area contributed by atoms with E-state index in [-0.39, 0.29) is 11.3 Å². The first-order valence-corrected chi connectivity index (χ1v) is 5.61. The Bertz CT molecular complexity index is 597. The second kappa shape index (κ2) is 5.68. The van der Waals surface area contributed by atoms with E-state index in [1.165, 1.54) is 18.2 Å². The molecule has 3 N–H and O–H groups in total. The highest BCUT2D eigenvalue weighted by molar-refractivity contribution is 5.99. The number of rotatable bonds is 2. The second-order valence-electron chi connectivity index (χ2n) is 3.82. The summed E-state index contributed by atoms with van der Waals surface area (Å²) in [5.41, 5.74) is 5.27. The Morgan fingerprint density at radius 3 is 2.00 bits per heavy atom. The Morgan fingerprint density at radius 2 is 1.37 bits per heavy atom. The van der Waals surface area contributed by atoms with E-state index in [2.05, 4.69) is 10.9 Å². The molecule has 0 saturated heterocycles. The zero-order valence-corrected chi connectivity index (χ0v) is 9.96. The molecule has 0 aliphatic heterocycles. The average Bonchev–Trinajstić information content (AvgIpc) is 2.45. The number of benzene rings is 2. The van der Waals surface area contributed by atoms with Gasteiger partial charge in [0.15, 0.2) is 0 Å². The molecule has 96 valence electrons. The van der Waals surface area contributed by atoms with Crippen molar-refractivity contribution in [1.29, 1.82) is 0 Å². The van der Waals surface area contributed by atoms with Crippen molar-refractivity contribution in [1.82, 2.24) is 10.9 Å². The smallest absolute Gasteiger partial charge is 0.269 e. The van der Waals surface area contributed by atoms with Crippen LogP contribution in [0, 0.1) is 0 Å². The van der Waals surface area contributed by atoms with E-state index in [1.54, 1.807) is 36.4 Å². The van der Waals surface area contributed by atoms with E-state index in [0.717, 1.165) is 0 Å². The van der Waals surface area contributed by atoms with Gasteiger partial charge in [0, 0.05) is 11.1 Å². The van der Waals surface area contributed by atoms with Crippen molar-refractivity contribution in [3.8, 4) is 5.75 Å². The quantitative estimate of drug-likeness (QED) is 0.712. The first-order valence-electron chi connectivity index (χ1n) is 5.61. The van der Waals surface area contributed by atoms with Crippen LogP contribution in [0.5, 0.6) is 5.75 Å². The molecule has 2 rings (SSSR count). The predicted molar refractivity (Wildman–Crippen MR) is 69.5 cm³/mol. The summed E-state index contributed by atoms with van der Waals surface area (Å²) in [6.07, 6.45) is 0. The molecule has 0 saturated carbocycles. The molecule has 5 heteroatoms. The SMILES string of the molecule is O=C(NNC(=O)c1cccc(O)c1)c1ccccc1. The topological polar surface area (TPSA) is 78.4 Å². The predicted octanol–water partition coefficient (Wildman–Crippen LogP) is 1.47. The molecule has 0 spiro atoms. The molecule has 2 aromatic rings. The average molecular weight is 256 g/mol. The molecule has 0 atom stereocenters. The molecule has 2 amide bonds. The summed E-state index contributed by atoms with van der Waals surface area (Å²) in [7, 11) is 0. The highest BCUT2D eigenvalue weighted by atomic mass is 16.3. The van der Waals surface area contributed by atoms with Gasteiger partial charge in [-0.15, -0.1) is 0 Å². The van der Waals surface area contributed by atoms with E-state index < -0.39 is 11.8 Å². The zero-order chi connectivity index (χ0) is 13.7. The van der Waals surface area contributed by atoms with Crippen LogP contribution in [-0.4, -0.2) is 16.9 Å². The minimum absolute atomic E-state index is 0.0120. The van der Waals surface area contributed by atoms with Crippen LogP contribution >= 0.6 is 0 Å². The van der Waals surface area contributed by atoms with Crippen LogP contribution in [0.15, 0.2) is 54.6 Å². The van der Waals surface area contributed by atoms with Crippen molar-refractivity contribution in [2.45, 2.75) is 0 Å². The van der Waals surface area contributed by atoms with Gasteiger partial charge in [-0.1, -0.05) is 24.3 Å². The largest absolute Gasteiger partial charge is 0.508 e. The van der Waals surface area contributed by atoms with Gasteiger partial charge in [-0.3, -0.25) is 20.4 Å². The molecule has 19 heavy (non-hydrogen) atoms. The normalized spacial score (nSPS) is 9.68. The minimum Gasteiger partial charge on any atom is -0.508 e. The summed E-state index contributed by atoms with van der Waals surface area (Å²) in [6, 6.07) is 14.4. The highest BCUT2D eigenvalue weighted by Gasteiger charge is 2.08. The number of amides is 2. The van der Waals surface area contributed by atoms with Gasteiger partial charge in [0.2, 0.25) is 0 Å². The van der Waals surface area contributed by atoms with Gasteiger partial charge in [0.1, 0.15) is 5.75 Å². The fourth-order valence-corrected chi connectivity index (χ4v) is 1.49. The van der Waals surface area contributed by atoms with E-state index in [0.29, 0.717) is 5.56 Å². The van der Waals surface area contributed by atoms with Crippen molar-refractivity contribution in [2.75, 3.05) is 0 Å². The Hall–Kier alpha value is -2.82. The van der Waals surface area contributed by atoms with Crippen molar-refractivity contribution >= 4 is 11.8 Å². The fourth-order valence-electron chi connectivity index (χ4n) is 1.49. The van der Waals surface area contributed by atoms with Gasteiger partial charge < -0.3 is 5.11 Å². The number of hydrazine groups is 1. The summed E-state index contributed by atoms with van der Waals surface area (Å²) in [5.74, 6) is -0.920. The van der Waals surface area contributed by atoms with Crippen LogP contribution in [0.1, 0.15) is 20.7 Å². The Labute approximate surface area is 109 Å². The summed E-state index contributed by atoms with van der Waals surface area (Å²) in [5, 5.41) is 9.25. The molecule has 0 aromatic heterocycles. The van der Waals surface area contributed by atoms with Gasteiger partial charge in [-0.25, -0.2) is 0 Å². The van der Waals surface area contributed by atoms with Gasteiger partial charge in [0.25, 0.3) is 11.8 Å². The molecule has 0 bridgehead atoms. The summed E-state index contributed by atoms with van der Waals surface area (Å²) in [4.78, 5) is 23.4. The Kier molecular flexibility index (Phi) is 3.78. The molecule has 5 nitrogen and oxygen atoms in total. The lowest BCUT2D eigenvalue weighted by atomic mass is 10.2. The van der Waals surface area contributed by atoms with Gasteiger partial charge in [-0.2, -0.15) is 0 Å². The lowest BCUT2D eigenvalue weighted by Gasteiger charge is -2.07. The fraction of sp³-hybridized carbons (Fsp3) is 0. The van der Waals surface area contributed by atoms with Crippen LogP contribution in [0.2, 0.25) is 0 Å². The van der Waals surface area contributed by atoms with Crippen molar-refractivity contribution in [3.63, 3.8) is 0 Å². The standard InChI is InChI=1S/C14H12N2O3/c17-12-8-4-7-11(9-12)14(19)16-15-13(18)10-5-2-1-3-6-10/h1-9,17H,(H,15,18)(H,16,19). The number of hydrogen-bond acceptors (Lipinski definition) is 3.